The highest BCUT2D eigenvalue weighted by Crippen LogP contribution is 2.28. The van der Waals surface area contributed by atoms with Crippen LogP contribution >= 0.6 is 0 Å². The van der Waals surface area contributed by atoms with Gasteiger partial charge in [0.1, 0.15) is 0 Å². The molecular formula is C26H29Si. The maximum atomic E-state index is 3.81. The Balaban J connectivity index is 1.87. The summed E-state index contributed by atoms with van der Waals surface area (Å²) >= 11 is 0. The molecule has 2 aromatic rings. The third-order valence-electron chi connectivity index (χ3n) is 6.45. The molecular weight excluding hydrogens is 340 g/mol. The molecule has 4 rings (SSSR count). The third kappa shape index (κ3) is 3.50. The van der Waals surface area contributed by atoms with Gasteiger partial charge >= 0.3 is 0 Å². The van der Waals surface area contributed by atoms with E-state index in [9.17, 15) is 0 Å². The van der Waals surface area contributed by atoms with Crippen molar-refractivity contribution in [2.75, 3.05) is 0 Å². The van der Waals surface area contributed by atoms with Crippen LogP contribution < -0.4 is 15.6 Å². The Bertz CT molecular complexity index is 1050. The first-order chi connectivity index (χ1) is 12.9. The number of aryl methyl sites for hydroxylation is 2. The van der Waals surface area contributed by atoms with Gasteiger partial charge in [0.2, 0.25) is 0 Å². The first kappa shape index (κ1) is 18.5. The Kier molecular flexibility index (Phi) is 4.99. The third-order valence-corrected chi connectivity index (χ3v) is 7.22. The summed E-state index contributed by atoms with van der Waals surface area (Å²) in [5.41, 5.74) is 9.52. The van der Waals surface area contributed by atoms with Crippen molar-refractivity contribution in [1.29, 1.82) is 0 Å². The fraction of sp³-hybridized carbons (Fsp3) is 0.385. The van der Waals surface area contributed by atoms with Crippen LogP contribution in [-0.2, 0) is 0 Å². The van der Waals surface area contributed by atoms with Crippen LogP contribution in [-0.4, -0.2) is 10.2 Å². The van der Waals surface area contributed by atoms with Crippen molar-refractivity contribution < 1.29 is 0 Å². The van der Waals surface area contributed by atoms with Crippen molar-refractivity contribution in [2.45, 2.75) is 59.8 Å². The topological polar surface area (TPSA) is 0 Å². The molecule has 1 fully saturated rings. The molecule has 0 aliphatic heterocycles. The minimum absolute atomic E-state index is 0.763. The Morgan fingerprint density at radius 1 is 0.852 bits per heavy atom. The van der Waals surface area contributed by atoms with Crippen LogP contribution in [0.25, 0.3) is 23.3 Å². The fourth-order valence-electron chi connectivity index (χ4n) is 4.75. The van der Waals surface area contributed by atoms with Gasteiger partial charge in [0.25, 0.3) is 0 Å². The van der Waals surface area contributed by atoms with Gasteiger partial charge in [0.05, 0.1) is 10.2 Å². The van der Waals surface area contributed by atoms with Gasteiger partial charge in [-0.1, -0.05) is 54.3 Å². The van der Waals surface area contributed by atoms with E-state index < -0.39 is 0 Å². The van der Waals surface area contributed by atoms with Crippen molar-refractivity contribution in [3.63, 3.8) is 0 Å². The number of benzene rings is 2. The summed E-state index contributed by atoms with van der Waals surface area (Å²) in [7, 11) is 3.81. The zero-order chi connectivity index (χ0) is 19.1. The monoisotopic (exact) mass is 369 g/mol. The molecule has 0 saturated heterocycles. The average molecular weight is 370 g/mol. The molecule has 3 radical (unpaired) electrons. The second kappa shape index (κ2) is 7.28. The summed E-state index contributed by atoms with van der Waals surface area (Å²) in [6.45, 7) is 8.88. The standard InChI is InChI=1S/C26H29Si/c1-16-10-22-14-21(13-20-8-6-5-7-9-20)15-24(22)25(11-16)23-12-17(2)26(27)19(4)18(23)3/h10-15,20H,5-9H2,1-4H3. The van der Waals surface area contributed by atoms with E-state index in [1.54, 1.807) is 0 Å². The molecule has 0 amide bonds. The minimum Gasteiger partial charge on any atom is -0.0741 e. The van der Waals surface area contributed by atoms with Gasteiger partial charge in [-0.25, -0.2) is 0 Å². The van der Waals surface area contributed by atoms with Crippen LogP contribution in [0.5, 0.6) is 0 Å². The van der Waals surface area contributed by atoms with E-state index in [4.69, 9.17) is 0 Å². The van der Waals surface area contributed by atoms with Crippen LogP contribution in [0.3, 0.4) is 0 Å². The van der Waals surface area contributed by atoms with E-state index in [1.165, 1.54) is 86.7 Å². The predicted molar refractivity (Wildman–Crippen MR) is 119 cm³/mol. The lowest BCUT2D eigenvalue weighted by molar-refractivity contribution is 0.419. The molecule has 0 bridgehead atoms. The van der Waals surface area contributed by atoms with Crippen LogP contribution in [0.2, 0.25) is 0 Å². The molecule has 1 heteroatoms. The molecule has 2 aliphatic carbocycles. The van der Waals surface area contributed by atoms with Crippen LogP contribution in [0.1, 0.15) is 54.4 Å². The lowest BCUT2D eigenvalue weighted by atomic mass is 9.88. The molecule has 137 valence electrons. The number of fused-ring (bicyclic) bond motifs is 1. The second-order valence-electron chi connectivity index (χ2n) is 8.53. The Labute approximate surface area is 167 Å². The van der Waals surface area contributed by atoms with Crippen molar-refractivity contribution in [1.82, 2.24) is 0 Å². The zero-order valence-electron chi connectivity index (χ0n) is 17.1. The molecule has 27 heavy (non-hydrogen) atoms. The summed E-state index contributed by atoms with van der Waals surface area (Å²) in [6, 6.07) is 7.04. The molecule has 0 nitrogen and oxygen atoms in total. The summed E-state index contributed by atoms with van der Waals surface area (Å²) in [4.78, 5) is 0. The summed E-state index contributed by atoms with van der Waals surface area (Å²) in [5, 5.41) is 4.00. The molecule has 2 aromatic carbocycles. The zero-order valence-corrected chi connectivity index (χ0v) is 18.1. The molecule has 0 spiro atoms. The quantitative estimate of drug-likeness (QED) is 0.686. The lowest BCUT2D eigenvalue weighted by Gasteiger charge is -2.18. The van der Waals surface area contributed by atoms with Crippen molar-refractivity contribution in [2.24, 2.45) is 5.92 Å². The Hall–Kier alpha value is -1.86. The van der Waals surface area contributed by atoms with Crippen molar-refractivity contribution in [3.05, 3.63) is 62.5 Å². The van der Waals surface area contributed by atoms with Crippen molar-refractivity contribution >= 4 is 27.6 Å². The van der Waals surface area contributed by atoms with Gasteiger partial charge in [0, 0.05) is 0 Å². The summed E-state index contributed by atoms with van der Waals surface area (Å²) < 4.78 is 0. The minimum atomic E-state index is 0.763. The SMILES string of the molecule is Cc1cc(-c2cc(C)c([Si])c(C)c2C)c2c(c1)=CC(=CC1CCCCC1)C=2. The first-order valence-electron chi connectivity index (χ1n) is 10.3. The highest BCUT2D eigenvalue weighted by atomic mass is 28.1. The van der Waals surface area contributed by atoms with Gasteiger partial charge in [-0.15, -0.1) is 0 Å². The smallest absolute Gasteiger partial charge is 0.0719 e. The van der Waals surface area contributed by atoms with E-state index in [1.807, 2.05) is 0 Å². The van der Waals surface area contributed by atoms with Gasteiger partial charge in [-0.2, -0.15) is 0 Å². The van der Waals surface area contributed by atoms with E-state index in [2.05, 4.69) is 74.4 Å². The van der Waals surface area contributed by atoms with Gasteiger partial charge in [-0.05, 0) is 102 Å². The molecule has 0 atom stereocenters. The predicted octanol–water partition coefficient (Wildman–Crippen LogP) is 4.46. The Morgan fingerprint density at radius 2 is 1.59 bits per heavy atom. The van der Waals surface area contributed by atoms with Gasteiger partial charge in [0.15, 0.2) is 0 Å². The molecule has 1 saturated carbocycles. The van der Waals surface area contributed by atoms with Crippen LogP contribution in [0.4, 0.5) is 0 Å². The molecule has 0 unspecified atom stereocenters. The summed E-state index contributed by atoms with van der Waals surface area (Å²) in [6.07, 6.45) is 14.3. The molecule has 0 aromatic heterocycles. The highest BCUT2D eigenvalue weighted by molar-refractivity contribution is 6.34. The second-order valence-corrected chi connectivity index (χ2v) is 9.03. The molecule has 0 N–H and O–H groups in total. The van der Waals surface area contributed by atoms with E-state index >= 15 is 0 Å². The van der Waals surface area contributed by atoms with E-state index in [0.29, 0.717) is 0 Å². The largest absolute Gasteiger partial charge is 0.0741 e. The van der Waals surface area contributed by atoms with E-state index in [0.717, 1.165) is 5.92 Å². The Morgan fingerprint density at radius 3 is 2.33 bits per heavy atom. The normalized spacial score (nSPS) is 18.3. The molecule has 2 aliphatic rings. The average Bonchev–Trinajstić information content (AvgIpc) is 3.05. The fourth-order valence-corrected chi connectivity index (χ4v) is 5.01. The van der Waals surface area contributed by atoms with Crippen LogP contribution in [0, 0.1) is 33.6 Å². The van der Waals surface area contributed by atoms with Crippen LogP contribution in [0.15, 0.2) is 29.8 Å². The van der Waals surface area contributed by atoms with Crippen molar-refractivity contribution in [3.8, 4) is 11.1 Å². The maximum absolute atomic E-state index is 3.81. The number of allylic oxidation sites excluding steroid dienone is 2. The number of hydrogen-bond acceptors (Lipinski definition) is 0. The maximum Gasteiger partial charge on any atom is 0.0719 e. The lowest BCUT2D eigenvalue weighted by Crippen LogP contribution is -2.25. The molecule has 0 heterocycles. The number of hydrogen-bond donors (Lipinski definition) is 0. The first-order valence-corrected chi connectivity index (χ1v) is 10.8. The van der Waals surface area contributed by atoms with E-state index in [-0.39, 0.29) is 0 Å². The van der Waals surface area contributed by atoms with Gasteiger partial charge in [-0.3, -0.25) is 0 Å². The van der Waals surface area contributed by atoms with Gasteiger partial charge < -0.3 is 0 Å². The summed E-state index contributed by atoms with van der Waals surface area (Å²) in [5.74, 6) is 0.763. The number of rotatable bonds is 2. The highest BCUT2D eigenvalue weighted by Gasteiger charge is 2.15.